The summed E-state index contributed by atoms with van der Waals surface area (Å²) in [5.41, 5.74) is 1.16. The van der Waals surface area contributed by atoms with Crippen molar-refractivity contribution >= 4 is 0 Å². The van der Waals surface area contributed by atoms with Gasteiger partial charge in [-0.05, 0) is 12.5 Å². The number of fused-ring (bicyclic) bond motifs is 1. The molecule has 1 aliphatic heterocycles. The molecule has 1 aromatic rings. The lowest BCUT2D eigenvalue weighted by atomic mass is 9.94. The Hall–Kier alpha value is -1.42. The Kier molecular flexibility index (Phi) is 1.75. The molecule has 1 atom stereocenters. The second-order valence-electron chi connectivity index (χ2n) is 2.89. The third-order valence-electron chi connectivity index (χ3n) is 2.16. The van der Waals surface area contributed by atoms with E-state index >= 15 is 0 Å². The second kappa shape index (κ2) is 2.91. The van der Waals surface area contributed by atoms with Crippen LogP contribution in [-0.2, 0) is 0 Å². The average Bonchev–Trinajstić information content (AvgIpc) is 2.17. The molecule has 0 fully saturated rings. The Morgan fingerprint density at radius 3 is 3.08 bits per heavy atom. The number of rotatable bonds is 0. The van der Waals surface area contributed by atoms with E-state index in [-0.39, 0.29) is 5.92 Å². The van der Waals surface area contributed by atoms with E-state index in [1.807, 2.05) is 24.3 Å². The highest BCUT2D eigenvalue weighted by atomic mass is 16.5. The molecule has 0 amide bonds. The zero-order valence-corrected chi connectivity index (χ0v) is 6.79. The maximum absolute atomic E-state index is 5.46. The van der Waals surface area contributed by atoms with E-state index in [1.165, 1.54) is 0 Å². The predicted molar refractivity (Wildman–Crippen MR) is 48.1 cm³/mol. The van der Waals surface area contributed by atoms with Gasteiger partial charge in [-0.3, -0.25) is 0 Å². The minimum atomic E-state index is 0.245. The zero-order chi connectivity index (χ0) is 8.39. The van der Waals surface area contributed by atoms with E-state index in [0.717, 1.165) is 24.3 Å². The third-order valence-corrected chi connectivity index (χ3v) is 2.16. The van der Waals surface area contributed by atoms with Crippen LogP contribution in [0.1, 0.15) is 17.9 Å². The minimum absolute atomic E-state index is 0.245. The summed E-state index contributed by atoms with van der Waals surface area (Å²) >= 11 is 0. The molecular formula is C11H10O. The first-order valence-electron chi connectivity index (χ1n) is 4.09. The van der Waals surface area contributed by atoms with Crippen LogP contribution in [0.15, 0.2) is 24.3 Å². The van der Waals surface area contributed by atoms with Crippen molar-refractivity contribution in [2.75, 3.05) is 6.61 Å². The van der Waals surface area contributed by atoms with Crippen LogP contribution in [0.2, 0.25) is 0 Å². The topological polar surface area (TPSA) is 9.23 Å². The van der Waals surface area contributed by atoms with Crippen LogP contribution in [0.25, 0.3) is 0 Å². The number of terminal acetylenes is 1. The van der Waals surface area contributed by atoms with Gasteiger partial charge in [0.15, 0.2) is 0 Å². The van der Waals surface area contributed by atoms with Crippen molar-refractivity contribution in [1.82, 2.24) is 0 Å². The fraction of sp³-hybridized carbons (Fsp3) is 0.273. The summed E-state index contributed by atoms with van der Waals surface area (Å²) in [7, 11) is 0. The van der Waals surface area contributed by atoms with Gasteiger partial charge in [0.1, 0.15) is 5.75 Å². The molecular weight excluding hydrogens is 148 g/mol. The van der Waals surface area contributed by atoms with Crippen molar-refractivity contribution < 1.29 is 4.74 Å². The standard InChI is InChI=1S/C11H10O/c1-2-9-7-8-12-11-6-4-3-5-10(9)11/h1,3-6,9H,7-8H2/t9-/m1/s1. The van der Waals surface area contributed by atoms with E-state index in [0.29, 0.717) is 0 Å². The average molecular weight is 158 g/mol. The number of para-hydroxylation sites is 1. The zero-order valence-electron chi connectivity index (χ0n) is 6.79. The minimum Gasteiger partial charge on any atom is -0.493 e. The summed E-state index contributed by atoms with van der Waals surface area (Å²) < 4.78 is 5.46. The van der Waals surface area contributed by atoms with Crippen molar-refractivity contribution in [2.45, 2.75) is 12.3 Å². The molecule has 0 spiro atoms. The Morgan fingerprint density at radius 1 is 1.42 bits per heavy atom. The van der Waals surface area contributed by atoms with Crippen molar-refractivity contribution in [1.29, 1.82) is 0 Å². The van der Waals surface area contributed by atoms with E-state index in [4.69, 9.17) is 11.2 Å². The van der Waals surface area contributed by atoms with Gasteiger partial charge in [-0.1, -0.05) is 24.1 Å². The highest BCUT2D eigenvalue weighted by molar-refractivity contribution is 5.41. The smallest absolute Gasteiger partial charge is 0.123 e. The summed E-state index contributed by atoms with van der Waals surface area (Å²) in [6, 6.07) is 7.98. The Labute approximate surface area is 72.4 Å². The van der Waals surface area contributed by atoms with Crippen LogP contribution >= 0.6 is 0 Å². The fourth-order valence-electron chi connectivity index (χ4n) is 1.52. The van der Waals surface area contributed by atoms with Crippen LogP contribution in [0.3, 0.4) is 0 Å². The molecule has 1 aliphatic rings. The van der Waals surface area contributed by atoms with Gasteiger partial charge in [-0.25, -0.2) is 0 Å². The van der Waals surface area contributed by atoms with Crippen molar-refractivity contribution in [3.05, 3.63) is 29.8 Å². The number of hydrogen-bond donors (Lipinski definition) is 0. The van der Waals surface area contributed by atoms with E-state index in [2.05, 4.69) is 5.92 Å². The first-order valence-corrected chi connectivity index (χ1v) is 4.09. The van der Waals surface area contributed by atoms with Gasteiger partial charge >= 0.3 is 0 Å². The second-order valence-corrected chi connectivity index (χ2v) is 2.89. The molecule has 1 heterocycles. The molecule has 0 saturated carbocycles. The third kappa shape index (κ3) is 1.06. The maximum atomic E-state index is 5.46. The van der Waals surface area contributed by atoms with E-state index < -0.39 is 0 Å². The first-order chi connectivity index (χ1) is 5.92. The molecule has 1 nitrogen and oxygen atoms in total. The highest BCUT2D eigenvalue weighted by Gasteiger charge is 2.17. The molecule has 2 rings (SSSR count). The molecule has 0 radical (unpaired) electrons. The molecule has 0 saturated heterocycles. The molecule has 12 heavy (non-hydrogen) atoms. The van der Waals surface area contributed by atoms with Gasteiger partial charge < -0.3 is 4.74 Å². The van der Waals surface area contributed by atoms with Gasteiger partial charge in [-0.15, -0.1) is 6.42 Å². The van der Waals surface area contributed by atoms with Crippen molar-refractivity contribution in [3.8, 4) is 18.1 Å². The van der Waals surface area contributed by atoms with E-state index in [9.17, 15) is 0 Å². The Morgan fingerprint density at radius 2 is 2.25 bits per heavy atom. The predicted octanol–water partition coefficient (Wildman–Crippen LogP) is 2.19. The van der Waals surface area contributed by atoms with Gasteiger partial charge in [0.2, 0.25) is 0 Å². The monoisotopic (exact) mass is 158 g/mol. The highest BCUT2D eigenvalue weighted by Crippen LogP contribution is 2.32. The normalized spacial score (nSPS) is 20.4. The Balaban J connectivity index is 2.45. The van der Waals surface area contributed by atoms with Crippen LogP contribution in [0, 0.1) is 12.3 Å². The van der Waals surface area contributed by atoms with Crippen LogP contribution < -0.4 is 4.74 Å². The lowest BCUT2D eigenvalue weighted by molar-refractivity contribution is 0.281. The maximum Gasteiger partial charge on any atom is 0.123 e. The largest absolute Gasteiger partial charge is 0.493 e. The lowest BCUT2D eigenvalue weighted by Crippen LogP contribution is -2.12. The van der Waals surface area contributed by atoms with Crippen molar-refractivity contribution in [2.24, 2.45) is 0 Å². The molecule has 1 aromatic carbocycles. The van der Waals surface area contributed by atoms with Crippen molar-refractivity contribution in [3.63, 3.8) is 0 Å². The molecule has 0 aromatic heterocycles. The quantitative estimate of drug-likeness (QED) is 0.526. The molecule has 0 bridgehead atoms. The van der Waals surface area contributed by atoms with Gasteiger partial charge in [0.05, 0.1) is 12.5 Å². The molecule has 1 heteroatoms. The number of hydrogen-bond acceptors (Lipinski definition) is 1. The fourth-order valence-corrected chi connectivity index (χ4v) is 1.52. The SMILES string of the molecule is C#C[C@@H]1CCOc2ccccc21. The lowest BCUT2D eigenvalue weighted by Gasteiger charge is -2.21. The molecule has 0 unspecified atom stereocenters. The summed E-state index contributed by atoms with van der Waals surface area (Å²) in [6.45, 7) is 0.742. The van der Waals surface area contributed by atoms with Crippen LogP contribution in [0.5, 0.6) is 5.75 Å². The molecule has 0 aliphatic carbocycles. The molecule has 0 N–H and O–H groups in total. The summed E-state index contributed by atoms with van der Waals surface area (Å²) in [6.07, 6.45) is 6.35. The Bertz CT molecular complexity index is 322. The van der Waals surface area contributed by atoms with Crippen LogP contribution in [-0.4, -0.2) is 6.61 Å². The summed E-state index contributed by atoms with van der Waals surface area (Å²) in [5, 5.41) is 0. The number of benzene rings is 1. The first kappa shape index (κ1) is 7.24. The summed E-state index contributed by atoms with van der Waals surface area (Å²) in [5.74, 6) is 3.98. The van der Waals surface area contributed by atoms with E-state index in [1.54, 1.807) is 0 Å². The number of ether oxygens (including phenoxy) is 1. The summed E-state index contributed by atoms with van der Waals surface area (Å²) in [4.78, 5) is 0. The molecule has 60 valence electrons. The van der Waals surface area contributed by atoms with Gasteiger partial charge in [-0.2, -0.15) is 0 Å². The van der Waals surface area contributed by atoms with Gasteiger partial charge in [0, 0.05) is 5.56 Å². The van der Waals surface area contributed by atoms with Gasteiger partial charge in [0.25, 0.3) is 0 Å². The van der Waals surface area contributed by atoms with Crippen LogP contribution in [0.4, 0.5) is 0 Å².